The summed E-state index contributed by atoms with van der Waals surface area (Å²) in [4.78, 5) is 35.6. The number of hydrogen-bond donors (Lipinski definition) is 3. The molecular weight excluding hydrogens is 563 g/mol. The minimum atomic E-state index is -4.41. The molecule has 3 fully saturated rings. The number of anilines is 2. The highest BCUT2D eigenvalue weighted by Gasteiger charge is 2.32. The van der Waals surface area contributed by atoms with E-state index in [2.05, 4.69) is 32.8 Å². The van der Waals surface area contributed by atoms with Crippen LogP contribution >= 0.6 is 0 Å². The van der Waals surface area contributed by atoms with E-state index in [-0.39, 0.29) is 12.6 Å². The van der Waals surface area contributed by atoms with E-state index in [0.717, 1.165) is 57.6 Å². The zero-order valence-electron chi connectivity index (χ0n) is 24.5. The van der Waals surface area contributed by atoms with E-state index < -0.39 is 24.0 Å². The summed E-state index contributed by atoms with van der Waals surface area (Å²) in [6.07, 6.45) is 1.05. The number of rotatable bonds is 11. The van der Waals surface area contributed by atoms with Crippen molar-refractivity contribution in [3.8, 4) is 0 Å². The fourth-order valence-electron chi connectivity index (χ4n) is 6.01. The average molecular weight is 602 g/mol. The van der Waals surface area contributed by atoms with Crippen molar-refractivity contribution < 1.29 is 22.8 Å². The van der Waals surface area contributed by atoms with Crippen LogP contribution in [0.4, 0.5) is 29.7 Å². The van der Waals surface area contributed by atoms with Crippen LogP contribution in [0.2, 0.25) is 0 Å². The number of carbonyl (C=O) groups is 1. The highest BCUT2D eigenvalue weighted by molar-refractivity contribution is 5.86. The Kier molecular flexibility index (Phi) is 8.32. The van der Waals surface area contributed by atoms with E-state index >= 15 is 0 Å². The molecule has 43 heavy (non-hydrogen) atoms. The smallest absolute Gasteiger partial charge is 0.365 e. The summed E-state index contributed by atoms with van der Waals surface area (Å²) >= 11 is 0. The molecule has 2 aliphatic heterocycles. The largest absolute Gasteiger partial charge is 0.427 e. The number of amides is 1. The van der Waals surface area contributed by atoms with Gasteiger partial charge in [0.25, 0.3) is 0 Å². The van der Waals surface area contributed by atoms with Crippen LogP contribution in [-0.4, -0.2) is 69.8 Å². The Labute approximate surface area is 248 Å². The Bertz CT molecular complexity index is 1440. The first-order valence-corrected chi connectivity index (χ1v) is 15.0. The second kappa shape index (κ2) is 12.2. The molecule has 3 aliphatic rings. The number of aromatic nitrogens is 4. The number of imidazole rings is 1. The highest BCUT2D eigenvalue weighted by Crippen LogP contribution is 2.35. The van der Waals surface area contributed by atoms with Gasteiger partial charge in [0.15, 0.2) is 23.5 Å². The molecule has 11 nitrogen and oxygen atoms in total. The van der Waals surface area contributed by atoms with E-state index in [1.54, 1.807) is 0 Å². The van der Waals surface area contributed by atoms with Crippen LogP contribution in [0.25, 0.3) is 11.2 Å². The van der Waals surface area contributed by atoms with E-state index in [0.29, 0.717) is 40.2 Å². The molecule has 1 saturated carbocycles. The first-order chi connectivity index (χ1) is 20.7. The summed E-state index contributed by atoms with van der Waals surface area (Å²) < 4.78 is 41.8. The van der Waals surface area contributed by atoms with Crippen LogP contribution in [0.1, 0.15) is 68.6 Å². The minimum absolute atomic E-state index is 0.123. The molecule has 2 saturated heterocycles. The van der Waals surface area contributed by atoms with Gasteiger partial charge in [-0.15, -0.1) is 5.48 Å². The summed E-state index contributed by atoms with van der Waals surface area (Å²) in [5.74, 6) is 1.99. The van der Waals surface area contributed by atoms with Crippen molar-refractivity contribution >= 4 is 29.0 Å². The predicted octanol–water partition coefficient (Wildman–Crippen LogP) is 4.66. The van der Waals surface area contributed by atoms with E-state index in [9.17, 15) is 18.0 Å². The monoisotopic (exact) mass is 601 g/mol. The van der Waals surface area contributed by atoms with Gasteiger partial charge < -0.3 is 24.5 Å². The van der Waals surface area contributed by atoms with Crippen molar-refractivity contribution in [2.45, 2.75) is 70.4 Å². The molecule has 2 atom stereocenters. The molecule has 0 radical (unpaired) electrons. The number of carbonyl (C=O) groups excluding carboxylic acids is 1. The first-order valence-electron chi connectivity index (χ1n) is 15.0. The molecule has 0 spiro atoms. The molecule has 4 heterocycles. The maximum Gasteiger partial charge on any atom is 0.427 e. The molecular formula is C29H38F3N9O2. The van der Waals surface area contributed by atoms with Crippen molar-refractivity contribution in [1.29, 1.82) is 0 Å². The van der Waals surface area contributed by atoms with Crippen LogP contribution in [0.5, 0.6) is 0 Å². The van der Waals surface area contributed by atoms with Crippen molar-refractivity contribution in [2.24, 2.45) is 5.92 Å². The summed E-state index contributed by atoms with van der Waals surface area (Å²) in [7, 11) is 1.97. The molecule has 232 valence electrons. The Morgan fingerprint density at radius 2 is 1.86 bits per heavy atom. The third kappa shape index (κ3) is 6.49. The van der Waals surface area contributed by atoms with Gasteiger partial charge >= 0.3 is 12.3 Å². The number of hydrogen-bond acceptors (Lipinski definition) is 9. The van der Waals surface area contributed by atoms with Gasteiger partial charge in [-0.3, -0.25) is 5.32 Å². The van der Waals surface area contributed by atoms with Crippen LogP contribution in [0.15, 0.2) is 24.3 Å². The Morgan fingerprint density at radius 3 is 2.49 bits per heavy atom. The predicted molar refractivity (Wildman–Crippen MR) is 155 cm³/mol. The van der Waals surface area contributed by atoms with Crippen molar-refractivity contribution in [1.82, 2.24) is 35.2 Å². The topological polar surface area (TPSA) is 112 Å². The Hall–Kier alpha value is -3.65. The van der Waals surface area contributed by atoms with Gasteiger partial charge in [-0.25, -0.2) is 14.8 Å². The standard InChI is InChI=1S/C29H38F3N9O2/c1-18(20-7-5-8-20)33-23-22-24(35-25(34-23)26-37-28(42)43-38-26)36-27(39(2)13-6-16-40-14-3-4-15-40)41(22)17-19-9-11-21(12-10-19)29(30,31)32/h9-12,18,20,26,38H,3-8,13-17H2,1-2H3,(H,37,42)(H,33,34,35)/t18-,26?/m1/s1. The number of nitrogens with zero attached hydrogens (tertiary/aromatic N) is 6. The van der Waals surface area contributed by atoms with Crippen molar-refractivity contribution in [3.63, 3.8) is 0 Å². The van der Waals surface area contributed by atoms with Crippen LogP contribution in [0.3, 0.4) is 0 Å². The van der Waals surface area contributed by atoms with Crippen LogP contribution in [0, 0.1) is 5.92 Å². The van der Waals surface area contributed by atoms with Crippen molar-refractivity contribution in [3.05, 3.63) is 41.2 Å². The van der Waals surface area contributed by atoms with Gasteiger partial charge in [-0.1, -0.05) is 18.6 Å². The second-order valence-electron chi connectivity index (χ2n) is 11.8. The van der Waals surface area contributed by atoms with Gasteiger partial charge in [0.05, 0.1) is 12.1 Å². The minimum Gasteiger partial charge on any atom is -0.365 e. The zero-order valence-corrected chi connectivity index (χ0v) is 24.5. The van der Waals surface area contributed by atoms with Crippen molar-refractivity contribution in [2.75, 3.05) is 43.4 Å². The zero-order chi connectivity index (χ0) is 30.1. The Balaban J connectivity index is 1.38. The number of benzene rings is 1. The lowest BCUT2D eigenvalue weighted by Gasteiger charge is -2.32. The first kappa shape index (κ1) is 29.4. The van der Waals surface area contributed by atoms with E-state index in [1.807, 2.05) is 11.6 Å². The SMILES string of the molecule is C[C@@H](Nc1nc(C2NOC(=O)N2)nc2nc(N(C)CCCN3CCCC3)n(Cc3ccc(C(F)(F)F)cc3)c12)C1CCC1. The fourth-order valence-corrected chi connectivity index (χ4v) is 6.01. The molecule has 6 rings (SSSR count). The molecule has 0 bridgehead atoms. The fraction of sp³-hybridized carbons (Fsp3) is 0.586. The molecule has 3 aromatic rings. The molecule has 2 aromatic heterocycles. The molecule has 1 aliphatic carbocycles. The van der Waals surface area contributed by atoms with E-state index in [1.165, 1.54) is 31.4 Å². The lowest BCUT2D eigenvalue weighted by atomic mass is 9.80. The number of likely N-dealkylation sites (tertiary alicyclic amines) is 1. The van der Waals surface area contributed by atoms with Gasteiger partial charge in [-0.05, 0) is 82.3 Å². The molecule has 3 N–H and O–H groups in total. The third-order valence-electron chi connectivity index (χ3n) is 8.74. The summed E-state index contributed by atoms with van der Waals surface area (Å²) in [6.45, 7) is 6.38. The maximum absolute atomic E-state index is 13.3. The maximum atomic E-state index is 13.3. The average Bonchev–Trinajstić information content (AvgIpc) is 3.68. The highest BCUT2D eigenvalue weighted by atomic mass is 19.4. The summed E-state index contributed by atoms with van der Waals surface area (Å²) in [5, 5.41) is 6.23. The molecule has 14 heteroatoms. The number of nitrogens with one attached hydrogen (secondary N) is 3. The van der Waals surface area contributed by atoms with Crippen LogP contribution < -0.4 is 21.0 Å². The summed E-state index contributed by atoms with van der Waals surface area (Å²) in [6, 6.07) is 5.34. The molecule has 1 unspecified atom stereocenters. The van der Waals surface area contributed by atoms with E-state index in [4.69, 9.17) is 19.8 Å². The number of hydroxylamine groups is 1. The molecule has 1 aromatic carbocycles. The quantitative estimate of drug-likeness (QED) is 0.289. The summed E-state index contributed by atoms with van der Waals surface area (Å²) in [5.41, 5.74) is 3.69. The lowest BCUT2D eigenvalue weighted by molar-refractivity contribution is -0.137. The normalized spacial score (nSPS) is 20.2. The number of fused-ring (bicyclic) bond motifs is 1. The lowest BCUT2D eigenvalue weighted by Crippen LogP contribution is -2.32. The second-order valence-corrected chi connectivity index (χ2v) is 11.8. The van der Waals surface area contributed by atoms with Gasteiger partial charge in [0, 0.05) is 19.6 Å². The number of alkyl halides is 3. The Morgan fingerprint density at radius 1 is 1.12 bits per heavy atom. The third-order valence-corrected chi connectivity index (χ3v) is 8.74. The van der Waals surface area contributed by atoms with Gasteiger partial charge in [0.1, 0.15) is 5.52 Å². The number of halogens is 3. The van der Waals surface area contributed by atoms with Gasteiger partial charge in [0.2, 0.25) is 5.95 Å². The molecule has 1 amide bonds. The van der Waals surface area contributed by atoms with Crippen LogP contribution in [-0.2, 0) is 17.6 Å². The van der Waals surface area contributed by atoms with Gasteiger partial charge in [-0.2, -0.15) is 18.2 Å².